The topological polar surface area (TPSA) is 60.2 Å². The number of aromatic nitrogens is 1. The van der Waals surface area contributed by atoms with Crippen LogP contribution < -0.4 is 16.0 Å². The molecular formula is C15H18FN3O. The third-order valence-corrected chi connectivity index (χ3v) is 2.79. The number of hydrogen-bond donors (Lipinski definition) is 2. The maximum atomic E-state index is 13.8. The third-order valence-electron chi connectivity index (χ3n) is 2.79. The summed E-state index contributed by atoms with van der Waals surface area (Å²) >= 11 is 0. The Morgan fingerprint density at radius 3 is 2.70 bits per heavy atom. The number of hydrogen-bond acceptors (Lipinski definition) is 4. The molecule has 0 saturated carbocycles. The lowest BCUT2D eigenvalue weighted by atomic mass is 10.0. The fourth-order valence-corrected chi connectivity index (χ4v) is 1.98. The number of nitrogens with two attached hydrogens (primary N) is 1. The highest BCUT2D eigenvalue weighted by atomic mass is 19.1. The number of benzene rings is 1. The normalized spacial score (nSPS) is 12.4. The van der Waals surface area contributed by atoms with Crippen LogP contribution in [-0.2, 0) is 0 Å². The molecule has 20 heavy (non-hydrogen) atoms. The van der Waals surface area contributed by atoms with Crippen LogP contribution in [0.25, 0.3) is 0 Å². The summed E-state index contributed by atoms with van der Waals surface area (Å²) in [6.07, 6.45) is 1.61. The van der Waals surface area contributed by atoms with Crippen LogP contribution in [-0.4, -0.2) is 11.1 Å². The predicted molar refractivity (Wildman–Crippen MR) is 75.6 cm³/mol. The molecule has 0 aliphatic rings. The van der Waals surface area contributed by atoms with E-state index in [4.69, 9.17) is 10.6 Å². The van der Waals surface area contributed by atoms with Crippen LogP contribution in [0.5, 0.6) is 5.75 Å². The van der Waals surface area contributed by atoms with Crippen molar-refractivity contribution in [3.05, 3.63) is 59.7 Å². The fraction of sp³-hybridized carbons (Fsp3) is 0.267. The van der Waals surface area contributed by atoms with Gasteiger partial charge in [-0.1, -0.05) is 12.1 Å². The molecular weight excluding hydrogens is 257 g/mol. The van der Waals surface area contributed by atoms with Crippen molar-refractivity contribution < 1.29 is 9.13 Å². The molecule has 1 aromatic carbocycles. The second-order valence-corrected chi connectivity index (χ2v) is 4.71. The molecule has 4 nitrogen and oxygen atoms in total. The molecule has 0 radical (unpaired) electrons. The molecule has 0 aliphatic carbocycles. The van der Waals surface area contributed by atoms with Crippen molar-refractivity contribution in [2.75, 3.05) is 0 Å². The molecule has 0 amide bonds. The second-order valence-electron chi connectivity index (χ2n) is 4.71. The Hall–Kier alpha value is -1.98. The third kappa shape index (κ3) is 3.31. The number of nitrogens with one attached hydrogen (secondary N) is 1. The molecule has 2 aromatic rings. The molecule has 0 spiro atoms. The van der Waals surface area contributed by atoms with E-state index in [0.29, 0.717) is 5.75 Å². The summed E-state index contributed by atoms with van der Waals surface area (Å²) in [6.45, 7) is 3.90. The first-order chi connectivity index (χ1) is 9.61. The van der Waals surface area contributed by atoms with Crippen LogP contribution in [0.2, 0.25) is 0 Å². The molecule has 0 saturated heterocycles. The van der Waals surface area contributed by atoms with E-state index in [9.17, 15) is 4.39 Å². The van der Waals surface area contributed by atoms with E-state index < -0.39 is 11.9 Å². The molecule has 0 fully saturated rings. The van der Waals surface area contributed by atoms with Gasteiger partial charge in [-0.15, -0.1) is 0 Å². The van der Waals surface area contributed by atoms with Crippen molar-refractivity contribution in [3.63, 3.8) is 0 Å². The lowest BCUT2D eigenvalue weighted by molar-refractivity contribution is 0.242. The van der Waals surface area contributed by atoms with Gasteiger partial charge < -0.3 is 4.74 Å². The van der Waals surface area contributed by atoms with Crippen LogP contribution in [0.3, 0.4) is 0 Å². The van der Waals surface area contributed by atoms with Gasteiger partial charge in [0.2, 0.25) is 0 Å². The van der Waals surface area contributed by atoms with E-state index >= 15 is 0 Å². The van der Waals surface area contributed by atoms with Crippen molar-refractivity contribution in [2.24, 2.45) is 5.84 Å². The highest BCUT2D eigenvalue weighted by Crippen LogP contribution is 2.25. The first kappa shape index (κ1) is 14.4. The monoisotopic (exact) mass is 275 g/mol. The smallest absolute Gasteiger partial charge is 0.146 e. The highest BCUT2D eigenvalue weighted by Gasteiger charge is 2.18. The minimum absolute atomic E-state index is 0.0705. The van der Waals surface area contributed by atoms with E-state index in [0.717, 1.165) is 5.56 Å². The average Bonchev–Trinajstić information content (AvgIpc) is 2.41. The quantitative estimate of drug-likeness (QED) is 0.650. The largest absolute Gasteiger partial charge is 0.491 e. The molecule has 1 unspecified atom stereocenters. The van der Waals surface area contributed by atoms with Crippen molar-refractivity contribution in [2.45, 2.75) is 26.0 Å². The van der Waals surface area contributed by atoms with Crippen molar-refractivity contribution in [1.82, 2.24) is 10.4 Å². The maximum Gasteiger partial charge on any atom is 0.146 e. The molecule has 106 valence electrons. The van der Waals surface area contributed by atoms with Crippen LogP contribution in [0.1, 0.15) is 31.1 Å². The number of rotatable bonds is 5. The Kier molecular flexibility index (Phi) is 4.65. The van der Waals surface area contributed by atoms with Gasteiger partial charge in [0.15, 0.2) is 0 Å². The summed E-state index contributed by atoms with van der Waals surface area (Å²) < 4.78 is 19.5. The van der Waals surface area contributed by atoms with Gasteiger partial charge in [-0.2, -0.15) is 0 Å². The average molecular weight is 275 g/mol. The van der Waals surface area contributed by atoms with Gasteiger partial charge in [0, 0.05) is 6.20 Å². The second kappa shape index (κ2) is 6.45. The fourth-order valence-electron chi connectivity index (χ4n) is 1.98. The van der Waals surface area contributed by atoms with Gasteiger partial charge in [0.25, 0.3) is 0 Å². The first-order valence-corrected chi connectivity index (χ1v) is 6.45. The summed E-state index contributed by atoms with van der Waals surface area (Å²) in [5, 5.41) is 0. The lowest BCUT2D eigenvalue weighted by Crippen LogP contribution is -2.30. The zero-order valence-corrected chi connectivity index (χ0v) is 11.5. The maximum absolute atomic E-state index is 13.8. The van der Waals surface area contributed by atoms with Crippen molar-refractivity contribution in [1.29, 1.82) is 0 Å². The lowest BCUT2D eigenvalue weighted by Gasteiger charge is -2.18. The SMILES string of the molecule is CC(C)Oc1cccc(C(NN)c2ncccc2F)c1. The van der Waals surface area contributed by atoms with E-state index in [-0.39, 0.29) is 11.8 Å². The van der Waals surface area contributed by atoms with Gasteiger partial charge in [0.05, 0.1) is 17.8 Å². The Morgan fingerprint density at radius 2 is 2.05 bits per heavy atom. The molecule has 1 atom stereocenters. The Morgan fingerprint density at radius 1 is 1.25 bits per heavy atom. The van der Waals surface area contributed by atoms with Crippen LogP contribution in [0.15, 0.2) is 42.6 Å². The van der Waals surface area contributed by atoms with Gasteiger partial charge >= 0.3 is 0 Å². The minimum Gasteiger partial charge on any atom is -0.491 e. The van der Waals surface area contributed by atoms with Gasteiger partial charge in [-0.3, -0.25) is 10.8 Å². The van der Waals surface area contributed by atoms with Crippen LogP contribution in [0, 0.1) is 5.82 Å². The number of pyridine rings is 1. The summed E-state index contributed by atoms with van der Waals surface area (Å²) in [4.78, 5) is 4.06. The number of hydrazine groups is 1. The molecule has 0 bridgehead atoms. The first-order valence-electron chi connectivity index (χ1n) is 6.45. The molecule has 3 N–H and O–H groups in total. The Balaban J connectivity index is 2.35. The van der Waals surface area contributed by atoms with Crippen molar-refractivity contribution in [3.8, 4) is 5.75 Å². The number of ether oxygens (including phenoxy) is 1. The molecule has 5 heteroatoms. The van der Waals surface area contributed by atoms with E-state index in [2.05, 4.69) is 10.4 Å². The molecule has 0 aliphatic heterocycles. The zero-order chi connectivity index (χ0) is 14.5. The number of halogens is 1. The summed E-state index contributed by atoms with van der Waals surface area (Å²) in [5.74, 6) is 5.88. The summed E-state index contributed by atoms with van der Waals surface area (Å²) in [6, 6.07) is 9.77. The van der Waals surface area contributed by atoms with Crippen LogP contribution >= 0.6 is 0 Å². The molecule has 2 rings (SSSR count). The molecule has 1 aromatic heterocycles. The Bertz CT molecular complexity index is 575. The van der Waals surface area contributed by atoms with Crippen molar-refractivity contribution >= 4 is 0 Å². The predicted octanol–water partition coefficient (Wildman–Crippen LogP) is 2.56. The van der Waals surface area contributed by atoms with Gasteiger partial charge in [0.1, 0.15) is 11.6 Å². The summed E-state index contributed by atoms with van der Waals surface area (Å²) in [5.41, 5.74) is 3.65. The Labute approximate surface area is 117 Å². The summed E-state index contributed by atoms with van der Waals surface area (Å²) in [7, 11) is 0. The van der Waals surface area contributed by atoms with E-state index in [1.807, 2.05) is 38.1 Å². The minimum atomic E-state index is -0.521. The highest BCUT2D eigenvalue weighted by molar-refractivity contribution is 5.35. The standard InChI is InChI=1S/C15H18FN3O/c1-10(2)20-12-6-3-5-11(9-12)14(19-17)15-13(16)7-4-8-18-15/h3-10,14,19H,17H2,1-2H3. The van der Waals surface area contributed by atoms with E-state index in [1.165, 1.54) is 12.3 Å². The van der Waals surface area contributed by atoms with Gasteiger partial charge in [-0.05, 0) is 43.7 Å². The number of nitrogens with zero attached hydrogens (tertiary/aromatic N) is 1. The zero-order valence-electron chi connectivity index (χ0n) is 11.5. The molecule has 1 heterocycles. The van der Waals surface area contributed by atoms with Gasteiger partial charge in [-0.25, -0.2) is 9.82 Å². The van der Waals surface area contributed by atoms with Crippen LogP contribution in [0.4, 0.5) is 4.39 Å². The van der Waals surface area contributed by atoms with E-state index in [1.54, 1.807) is 6.07 Å².